The van der Waals surface area contributed by atoms with Gasteiger partial charge in [-0.2, -0.15) is 0 Å². The average Bonchev–Trinajstić information content (AvgIpc) is 2.33. The van der Waals surface area contributed by atoms with Crippen LogP contribution in [0.5, 0.6) is 5.75 Å². The second-order valence-electron chi connectivity index (χ2n) is 3.71. The number of halogens is 1. The van der Waals surface area contributed by atoms with Gasteiger partial charge in [-0.25, -0.2) is 0 Å². The predicted molar refractivity (Wildman–Crippen MR) is 74.3 cm³/mol. The number of para-hydroxylation sites is 1. The third-order valence-electron chi connectivity index (χ3n) is 2.33. The summed E-state index contributed by atoms with van der Waals surface area (Å²) in [4.78, 5) is 0. The fourth-order valence-corrected chi connectivity index (χ4v) is 1.74. The van der Waals surface area contributed by atoms with E-state index in [1.807, 2.05) is 12.1 Å². The Morgan fingerprint density at radius 2 is 2.12 bits per heavy atom. The van der Waals surface area contributed by atoms with Gasteiger partial charge in [0.15, 0.2) is 0 Å². The summed E-state index contributed by atoms with van der Waals surface area (Å²) in [5.74, 6) is 0.993. The minimum absolute atomic E-state index is 0.780. The first-order chi connectivity index (χ1) is 7.79. The smallest absolute Gasteiger partial charge is 0.126 e. The summed E-state index contributed by atoms with van der Waals surface area (Å²) in [6, 6.07) is 8.23. The van der Waals surface area contributed by atoms with Crippen LogP contribution in [0, 0.1) is 0 Å². The van der Waals surface area contributed by atoms with Crippen LogP contribution >= 0.6 is 15.9 Å². The monoisotopic (exact) mass is 282 g/mol. The van der Waals surface area contributed by atoms with Crippen LogP contribution in [0.3, 0.4) is 0 Å². The molecule has 16 heavy (non-hydrogen) atoms. The highest BCUT2D eigenvalue weighted by Crippen LogP contribution is 2.26. The van der Waals surface area contributed by atoms with Crippen LogP contribution < -0.4 is 4.74 Å². The molecule has 0 atom stereocenters. The van der Waals surface area contributed by atoms with E-state index in [2.05, 4.69) is 48.0 Å². The quantitative estimate of drug-likeness (QED) is 0.690. The van der Waals surface area contributed by atoms with Crippen LogP contribution in [0.4, 0.5) is 0 Å². The molecule has 88 valence electrons. The second kappa shape index (κ2) is 7.50. The van der Waals surface area contributed by atoms with Gasteiger partial charge in [0.1, 0.15) is 5.75 Å². The van der Waals surface area contributed by atoms with Gasteiger partial charge in [0.05, 0.1) is 6.61 Å². The molecule has 1 rings (SSSR count). The number of benzene rings is 1. The molecule has 0 saturated heterocycles. The standard InChI is InChI=1S/C14H19BrO/c1-3-11-16-14-9-5-4-8-13(14)12(2)7-6-10-15/h4-5,7-9H,3,6,10-11H2,1-2H3/b12-7+. The maximum absolute atomic E-state index is 5.73. The Labute approximate surface area is 107 Å². The van der Waals surface area contributed by atoms with Crippen molar-refractivity contribution in [2.24, 2.45) is 0 Å². The van der Waals surface area contributed by atoms with E-state index in [4.69, 9.17) is 4.74 Å². The fourth-order valence-electron chi connectivity index (χ4n) is 1.51. The zero-order chi connectivity index (χ0) is 11.8. The summed E-state index contributed by atoms with van der Waals surface area (Å²) in [6.45, 7) is 5.04. The molecular weight excluding hydrogens is 264 g/mol. The topological polar surface area (TPSA) is 9.23 Å². The molecule has 1 nitrogen and oxygen atoms in total. The molecule has 0 radical (unpaired) electrons. The van der Waals surface area contributed by atoms with Crippen LogP contribution in [-0.4, -0.2) is 11.9 Å². The van der Waals surface area contributed by atoms with Crippen LogP contribution in [-0.2, 0) is 0 Å². The molecule has 0 bridgehead atoms. The van der Waals surface area contributed by atoms with E-state index in [0.29, 0.717) is 0 Å². The number of ether oxygens (including phenoxy) is 1. The number of hydrogen-bond acceptors (Lipinski definition) is 1. The Morgan fingerprint density at radius 1 is 1.38 bits per heavy atom. The summed E-state index contributed by atoms with van der Waals surface area (Å²) in [5, 5.41) is 1.00. The van der Waals surface area contributed by atoms with E-state index in [-0.39, 0.29) is 0 Å². The van der Waals surface area contributed by atoms with Crippen molar-refractivity contribution in [3.05, 3.63) is 35.9 Å². The molecule has 0 aliphatic carbocycles. The van der Waals surface area contributed by atoms with E-state index in [1.165, 1.54) is 11.1 Å². The van der Waals surface area contributed by atoms with Crippen LogP contribution in [0.15, 0.2) is 30.3 Å². The zero-order valence-corrected chi connectivity index (χ0v) is 11.6. The van der Waals surface area contributed by atoms with Crippen molar-refractivity contribution >= 4 is 21.5 Å². The third kappa shape index (κ3) is 4.01. The summed E-state index contributed by atoms with van der Waals surface area (Å²) < 4.78 is 5.73. The number of alkyl halides is 1. The Balaban J connectivity index is 2.84. The SMILES string of the molecule is CCCOc1ccccc1/C(C)=C/CCBr. The lowest BCUT2D eigenvalue weighted by Gasteiger charge is -2.11. The van der Waals surface area contributed by atoms with Crippen LogP contribution in [0.1, 0.15) is 32.3 Å². The Bertz CT molecular complexity index is 344. The lowest BCUT2D eigenvalue weighted by Crippen LogP contribution is -1.97. The van der Waals surface area contributed by atoms with E-state index in [9.17, 15) is 0 Å². The minimum Gasteiger partial charge on any atom is -0.493 e. The highest BCUT2D eigenvalue weighted by atomic mass is 79.9. The van der Waals surface area contributed by atoms with Gasteiger partial charge in [0, 0.05) is 10.9 Å². The molecule has 0 aliphatic rings. The normalized spacial score (nSPS) is 11.6. The van der Waals surface area contributed by atoms with Gasteiger partial charge in [-0.15, -0.1) is 0 Å². The molecule has 0 unspecified atom stereocenters. The molecule has 0 saturated carbocycles. The van der Waals surface area contributed by atoms with E-state index >= 15 is 0 Å². The van der Waals surface area contributed by atoms with E-state index in [0.717, 1.165) is 30.5 Å². The van der Waals surface area contributed by atoms with Gasteiger partial charge in [-0.1, -0.05) is 47.1 Å². The molecule has 1 aromatic carbocycles. The lowest BCUT2D eigenvalue weighted by molar-refractivity contribution is 0.316. The van der Waals surface area contributed by atoms with Gasteiger partial charge in [-0.3, -0.25) is 0 Å². The Morgan fingerprint density at radius 3 is 2.81 bits per heavy atom. The third-order valence-corrected chi connectivity index (χ3v) is 2.79. The van der Waals surface area contributed by atoms with Crippen molar-refractivity contribution in [1.29, 1.82) is 0 Å². The summed E-state index contributed by atoms with van der Waals surface area (Å²) >= 11 is 3.44. The first-order valence-corrected chi connectivity index (χ1v) is 6.86. The molecule has 0 fully saturated rings. The van der Waals surface area contributed by atoms with Crippen molar-refractivity contribution in [2.45, 2.75) is 26.7 Å². The zero-order valence-electron chi connectivity index (χ0n) is 10.0. The second-order valence-corrected chi connectivity index (χ2v) is 4.50. The Kier molecular flexibility index (Phi) is 6.24. The van der Waals surface area contributed by atoms with Crippen molar-refractivity contribution in [2.75, 3.05) is 11.9 Å². The Hall–Kier alpha value is -0.760. The largest absolute Gasteiger partial charge is 0.493 e. The van der Waals surface area contributed by atoms with Crippen LogP contribution in [0.25, 0.3) is 5.57 Å². The highest BCUT2D eigenvalue weighted by molar-refractivity contribution is 9.09. The van der Waals surface area contributed by atoms with E-state index < -0.39 is 0 Å². The summed E-state index contributed by atoms with van der Waals surface area (Å²) in [6.07, 6.45) is 4.33. The minimum atomic E-state index is 0.780. The average molecular weight is 283 g/mol. The predicted octanol–water partition coefficient (Wildman–Crippen LogP) is 4.66. The molecule has 0 amide bonds. The van der Waals surface area contributed by atoms with Crippen molar-refractivity contribution in [3.63, 3.8) is 0 Å². The molecular formula is C14H19BrO. The van der Waals surface area contributed by atoms with Gasteiger partial charge in [0.2, 0.25) is 0 Å². The van der Waals surface area contributed by atoms with Crippen molar-refractivity contribution < 1.29 is 4.74 Å². The first kappa shape index (κ1) is 13.3. The van der Waals surface area contributed by atoms with Crippen molar-refractivity contribution in [1.82, 2.24) is 0 Å². The lowest BCUT2D eigenvalue weighted by atomic mass is 10.1. The molecule has 1 aromatic rings. The molecule has 0 spiro atoms. The van der Waals surface area contributed by atoms with Gasteiger partial charge >= 0.3 is 0 Å². The summed E-state index contributed by atoms with van der Waals surface area (Å²) in [5.41, 5.74) is 2.49. The summed E-state index contributed by atoms with van der Waals surface area (Å²) in [7, 11) is 0. The van der Waals surface area contributed by atoms with Crippen molar-refractivity contribution in [3.8, 4) is 5.75 Å². The van der Waals surface area contributed by atoms with Crippen LogP contribution in [0.2, 0.25) is 0 Å². The molecule has 2 heteroatoms. The molecule has 0 aliphatic heterocycles. The van der Waals surface area contributed by atoms with Gasteiger partial charge < -0.3 is 4.74 Å². The maximum Gasteiger partial charge on any atom is 0.126 e. The number of hydrogen-bond donors (Lipinski definition) is 0. The molecule has 0 N–H and O–H groups in total. The maximum atomic E-state index is 5.73. The fraction of sp³-hybridized carbons (Fsp3) is 0.429. The molecule has 0 aromatic heterocycles. The first-order valence-electron chi connectivity index (χ1n) is 5.74. The number of allylic oxidation sites excluding steroid dienone is 2. The highest BCUT2D eigenvalue weighted by Gasteiger charge is 2.03. The molecule has 0 heterocycles. The number of rotatable bonds is 6. The van der Waals surface area contributed by atoms with E-state index in [1.54, 1.807) is 0 Å². The van der Waals surface area contributed by atoms with Gasteiger partial charge in [-0.05, 0) is 31.4 Å². The van der Waals surface area contributed by atoms with Gasteiger partial charge in [0.25, 0.3) is 0 Å².